The molecule has 1 saturated carbocycles. The SMILES string of the molecule is Cc1ccccc1C(Nc1c(C(C)C)cccc1C(C)C)c1cccc(C2CCCC2)n1. The highest BCUT2D eigenvalue weighted by atomic mass is 15.0. The van der Waals surface area contributed by atoms with E-state index in [0.717, 1.165) is 5.69 Å². The number of benzene rings is 2. The highest BCUT2D eigenvalue weighted by Crippen LogP contribution is 2.38. The lowest BCUT2D eigenvalue weighted by Crippen LogP contribution is -2.18. The number of aromatic nitrogens is 1. The van der Waals surface area contributed by atoms with Crippen molar-refractivity contribution >= 4 is 5.69 Å². The molecule has 1 aliphatic rings. The van der Waals surface area contributed by atoms with Crippen LogP contribution in [0.2, 0.25) is 0 Å². The third kappa shape index (κ3) is 4.75. The molecule has 0 bridgehead atoms. The number of para-hydroxylation sites is 1. The standard InChI is InChI=1S/C30H38N2/c1-20(2)24-16-10-17-25(21(3)4)29(24)32-30(26-15-9-6-12-22(26)5)28-19-11-18-27(31-28)23-13-7-8-14-23/h6,9-12,15-21,23,30,32H,7-8,13-14H2,1-5H3. The summed E-state index contributed by atoms with van der Waals surface area (Å²) in [6, 6.07) is 22.2. The molecule has 2 heteroatoms. The van der Waals surface area contributed by atoms with Crippen molar-refractivity contribution in [3.63, 3.8) is 0 Å². The van der Waals surface area contributed by atoms with Crippen molar-refractivity contribution < 1.29 is 0 Å². The van der Waals surface area contributed by atoms with Crippen LogP contribution in [0.15, 0.2) is 60.7 Å². The Bertz CT molecular complexity index is 1020. The van der Waals surface area contributed by atoms with Gasteiger partial charge >= 0.3 is 0 Å². The number of nitrogens with one attached hydrogen (secondary N) is 1. The summed E-state index contributed by atoms with van der Waals surface area (Å²) in [7, 11) is 0. The molecule has 0 saturated heterocycles. The summed E-state index contributed by atoms with van der Waals surface area (Å²) in [5, 5.41) is 4.01. The van der Waals surface area contributed by atoms with Gasteiger partial charge in [-0.05, 0) is 66.0 Å². The molecule has 1 fully saturated rings. The van der Waals surface area contributed by atoms with E-state index in [4.69, 9.17) is 4.98 Å². The van der Waals surface area contributed by atoms with Crippen molar-refractivity contribution in [2.75, 3.05) is 5.32 Å². The molecular weight excluding hydrogens is 388 g/mol. The Hall–Kier alpha value is -2.61. The van der Waals surface area contributed by atoms with Gasteiger partial charge in [0.25, 0.3) is 0 Å². The number of rotatable bonds is 7. The fraction of sp³-hybridized carbons (Fsp3) is 0.433. The van der Waals surface area contributed by atoms with Crippen LogP contribution in [0.25, 0.3) is 0 Å². The van der Waals surface area contributed by atoms with Crippen LogP contribution in [0, 0.1) is 6.92 Å². The lowest BCUT2D eigenvalue weighted by atomic mass is 9.90. The molecule has 4 rings (SSSR count). The van der Waals surface area contributed by atoms with Crippen molar-refractivity contribution in [3.8, 4) is 0 Å². The molecule has 0 amide bonds. The molecule has 1 N–H and O–H groups in total. The third-order valence-corrected chi connectivity index (χ3v) is 7.02. The van der Waals surface area contributed by atoms with Gasteiger partial charge in [0, 0.05) is 17.3 Å². The number of anilines is 1. The summed E-state index contributed by atoms with van der Waals surface area (Å²) in [6.07, 6.45) is 5.20. The lowest BCUT2D eigenvalue weighted by molar-refractivity contribution is 0.686. The first-order valence-corrected chi connectivity index (χ1v) is 12.4. The summed E-state index contributed by atoms with van der Waals surface area (Å²) in [5.74, 6) is 1.51. The van der Waals surface area contributed by atoms with E-state index in [9.17, 15) is 0 Å². The van der Waals surface area contributed by atoms with Crippen molar-refractivity contribution in [1.29, 1.82) is 0 Å². The highest BCUT2D eigenvalue weighted by molar-refractivity contribution is 5.62. The predicted octanol–water partition coefficient (Wildman–Crippen LogP) is 8.50. The molecule has 0 radical (unpaired) electrons. The molecule has 1 atom stereocenters. The van der Waals surface area contributed by atoms with Crippen LogP contribution in [-0.4, -0.2) is 4.98 Å². The molecule has 0 spiro atoms. The summed E-state index contributed by atoms with van der Waals surface area (Å²) in [6.45, 7) is 11.3. The molecule has 168 valence electrons. The van der Waals surface area contributed by atoms with E-state index in [1.807, 2.05) is 0 Å². The summed E-state index contributed by atoms with van der Waals surface area (Å²) >= 11 is 0. The third-order valence-electron chi connectivity index (χ3n) is 7.02. The van der Waals surface area contributed by atoms with E-state index >= 15 is 0 Å². The van der Waals surface area contributed by atoms with Gasteiger partial charge in [-0.15, -0.1) is 0 Å². The Morgan fingerprint density at radius 1 is 0.750 bits per heavy atom. The first-order valence-electron chi connectivity index (χ1n) is 12.4. The average Bonchev–Trinajstić information content (AvgIpc) is 3.33. The second kappa shape index (κ2) is 9.90. The van der Waals surface area contributed by atoms with Crippen LogP contribution < -0.4 is 5.32 Å². The highest BCUT2D eigenvalue weighted by Gasteiger charge is 2.24. The van der Waals surface area contributed by atoms with Crippen LogP contribution in [-0.2, 0) is 0 Å². The largest absolute Gasteiger partial charge is 0.372 e. The normalized spacial score (nSPS) is 15.5. The molecule has 1 heterocycles. The smallest absolute Gasteiger partial charge is 0.0942 e. The van der Waals surface area contributed by atoms with Gasteiger partial charge in [-0.2, -0.15) is 0 Å². The predicted molar refractivity (Wildman–Crippen MR) is 137 cm³/mol. The average molecular weight is 427 g/mol. The first kappa shape index (κ1) is 22.6. The topological polar surface area (TPSA) is 24.9 Å². The Morgan fingerprint density at radius 2 is 1.34 bits per heavy atom. The van der Waals surface area contributed by atoms with Gasteiger partial charge in [0.2, 0.25) is 0 Å². The second-order valence-electron chi connectivity index (χ2n) is 10.0. The van der Waals surface area contributed by atoms with Gasteiger partial charge in [-0.25, -0.2) is 0 Å². The summed E-state index contributed by atoms with van der Waals surface area (Å²) < 4.78 is 0. The Morgan fingerprint density at radius 3 is 1.97 bits per heavy atom. The van der Waals surface area contributed by atoms with Crippen molar-refractivity contribution in [2.24, 2.45) is 0 Å². The monoisotopic (exact) mass is 426 g/mol. The molecule has 32 heavy (non-hydrogen) atoms. The Kier molecular flexibility index (Phi) is 6.98. The van der Waals surface area contributed by atoms with Crippen LogP contribution in [0.5, 0.6) is 0 Å². The quantitative estimate of drug-likeness (QED) is 0.409. The lowest BCUT2D eigenvalue weighted by Gasteiger charge is -2.28. The maximum Gasteiger partial charge on any atom is 0.0942 e. The number of hydrogen-bond acceptors (Lipinski definition) is 2. The van der Waals surface area contributed by atoms with Gasteiger partial charge in [-0.1, -0.05) is 89.1 Å². The summed E-state index contributed by atoms with van der Waals surface area (Å²) in [5.41, 5.74) is 9.02. The fourth-order valence-electron chi connectivity index (χ4n) is 5.16. The zero-order valence-electron chi connectivity index (χ0n) is 20.4. The van der Waals surface area contributed by atoms with E-state index < -0.39 is 0 Å². The number of nitrogens with zero attached hydrogens (tertiary/aromatic N) is 1. The van der Waals surface area contributed by atoms with Gasteiger partial charge in [-0.3, -0.25) is 4.98 Å². The van der Waals surface area contributed by atoms with E-state index in [0.29, 0.717) is 17.8 Å². The summed E-state index contributed by atoms with van der Waals surface area (Å²) in [4.78, 5) is 5.26. The van der Waals surface area contributed by atoms with E-state index in [1.165, 1.54) is 59.3 Å². The van der Waals surface area contributed by atoms with Crippen LogP contribution in [0.1, 0.15) is 111 Å². The molecule has 3 aromatic rings. The van der Waals surface area contributed by atoms with Gasteiger partial charge in [0.15, 0.2) is 0 Å². The Labute approximate surface area is 194 Å². The van der Waals surface area contributed by atoms with Crippen LogP contribution in [0.3, 0.4) is 0 Å². The van der Waals surface area contributed by atoms with Gasteiger partial charge in [0.1, 0.15) is 0 Å². The molecule has 1 aliphatic carbocycles. The zero-order valence-corrected chi connectivity index (χ0v) is 20.4. The molecular formula is C30H38N2. The van der Waals surface area contributed by atoms with Crippen molar-refractivity contribution in [2.45, 2.75) is 84.1 Å². The van der Waals surface area contributed by atoms with Crippen molar-refractivity contribution in [3.05, 3.63) is 94.3 Å². The van der Waals surface area contributed by atoms with Gasteiger partial charge in [0.05, 0.1) is 11.7 Å². The molecule has 0 aliphatic heterocycles. The molecule has 1 unspecified atom stereocenters. The fourth-order valence-corrected chi connectivity index (χ4v) is 5.16. The van der Waals surface area contributed by atoms with Crippen LogP contribution >= 0.6 is 0 Å². The first-order chi connectivity index (χ1) is 15.5. The minimum Gasteiger partial charge on any atom is -0.372 e. The number of pyridine rings is 1. The van der Waals surface area contributed by atoms with E-state index in [1.54, 1.807) is 0 Å². The zero-order chi connectivity index (χ0) is 22.7. The molecule has 2 nitrogen and oxygen atoms in total. The van der Waals surface area contributed by atoms with Crippen molar-refractivity contribution in [1.82, 2.24) is 4.98 Å². The maximum atomic E-state index is 5.26. The van der Waals surface area contributed by atoms with E-state index in [2.05, 4.69) is 101 Å². The van der Waals surface area contributed by atoms with E-state index in [-0.39, 0.29) is 6.04 Å². The molecule has 1 aromatic heterocycles. The minimum absolute atomic E-state index is 0.0231. The number of hydrogen-bond donors (Lipinski definition) is 1. The Balaban J connectivity index is 1.83. The minimum atomic E-state index is 0.0231. The maximum absolute atomic E-state index is 5.26. The molecule has 2 aromatic carbocycles. The van der Waals surface area contributed by atoms with Crippen LogP contribution in [0.4, 0.5) is 5.69 Å². The second-order valence-corrected chi connectivity index (χ2v) is 10.0. The number of aryl methyl sites for hydroxylation is 1. The van der Waals surface area contributed by atoms with Gasteiger partial charge < -0.3 is 5.32 Å².